The second-order valence-electron chi connectivity index (χ2n) is 8.12. The number of fused-ring (bicyclic) bond motifs is 1. The highest BCUT2D eigenvalue weighted by Crippen LogP contribution is 2.36. The predicted octanol–water partition coefficient (Wildman–Crippen LogP) is 4.95. The fraction of sp³-hybridized carbons (Fsp3) is 0.200. The first-order valence-electron chi connectivity index (χ1n) is 11.1. The number of nitrogens with zero attached hydrogens (tertiary/aromatic N) is 3. The lowest BCUT2D eigenvalue weighted by Gasteiger charge is -2.27. The number of nitro groups is 1. The number of aromatic nitrogens is 1. The van der Waals surface area contributed by atoms with Crippen LogP contribution in [0.25, 0.3) is 20.8 Å². The number of piperazine rings is 1. The second kappa shape index (κ2) is 10.9. The molecule has 35 heavy (non-hydrogen) atoms. The van der Waals surface area contributed by atoms with Crippen LogP contribution >= 0.6 is 23.7 Å². The molecule has 0 unspecified atom stereocenters. The van der Waals surface area contributed by atoms with E-state index in [0.717, 1.165) is 53.5 Å². The van der Waals surface area contributed by atoms with E-state index in [2.05, 4.69) is 33.7 Å². The van der Waals surface area contributed by atoms with E-state index < -0.39 is 10.8 Å². The van der Waals surface area contributed by atoms with Crippen LogP contribution in [0.5, 0.6) is 0 Å². The topological polar surface area (TPSA) is 100 Å². The van der Waals surface area contributed by atoms with Gasteiger partial charge in [-0.25, -0.2) is 4.98 Å². The SMILES string of the molecule is Cl.O=C(Nc1ccccc1-c1nc2c(CN3CCNCC3)cccc2s1)c1cccc([N+](=O)[O-])c1. The molecule has 0 spiro atoms. The molecule has 2 heterocycles. The Morgan fingerprint density at radius 3 is 2.66 bits per heavy atom. The first-order valence-corrected chi connectivity index (χ1v) is 11.9. The molecular formula is C25H24ClN5O3S. The summed E-state index contributed by atoms with van der Waals surface area (Å²) in [4.78, 5) is 30.8. The summed E-state index contributed by atoms with van der Waals surface area (Å²) in [6, 6.07) is 19.5. The van der Waals surface area contributed by atoms with Crippen LogP contribution in [0.1, 0.15) is 15.9 Å². The number of para-hydroxylation sites is 2. The van der Waals surface area contributed by atoms with E-state index in [-0.39, 0.29) is 23.7 Å². The molecule has 5 rings (SSSR count). The Balaban J connectivity index is 0.00000289. The van der Waals surface area contributed by atoms with E-state index in [1.54, 1.807) is 17.4 Å². The Labute approximate surface area is 212 Å². The lowest BCUT2D eigenvalue weighted by molar-refractivity contribution is -0.384. The van der Waals surface area contributed by atoms with E-state index in [1.807, 2.05) is 24.3 Å². The van der Waals surface area contributed by atoms with Crippen molar-refractivity contribution in [2.75, 3.05) is 31.5 Å². The van der Waals surface area contributed by atoms with Gasteiger partial charge in [0.1, 0.15) is 5.01 Å². The van der Waals surface area contributed by atoms with Gasteiger partial charge in [0.15, 0.2) is 0 Å². The fourth-order valence-electron chi connectivity index (χ4n) is 4.09. The smallest absolute Gasteiger partial charge is 0.270 e. The summed E-state index contributed by atoms with van der Waals surface area (Å²) in [5.74, 6) is -0.406. The number of nitrogens with one attached hydrogen (secondary N) is 2. The molecule has 1 aliphatic heterocycles. The number of benzene rings is 3. The van der Waals surface area contributed by atoms with Crippen molar-refractivity contribution in [3.63, 3.8) is 0 Å². The number of amides is 1. The van der Waals surface area contributed by atoms with Gasteiger partial charge in [0.2, 0.25) is 0 Å². The molecule has 1 saturated heterocycles. The van der Waals surface area contributed by atoms with Gasteiger partial charge in [0.25, 0.3) is 11.6 Å². The zero-order chi connectivity index (χ0) is 23.5. The molecule has 0 saturated carbocycles. The minimum Gasteiger partial charge on any atom is -0.321 e. The zero-order valence-electron chi connectivity index (χ0n) is 18.8. The third-order valence-corrected chi connectivity index (χ3v) is 6.88. The van der Waals surface area contributed by atoms with Gasteiger partial charge in [-0.05, 0) is 29.8 Å². The Morgan fingerprint density at radius 1 is 1.09 bits per heavy atom. The summed E-state index contributed by atoms with van der Waals surface area (Å²) in [5.41, 5.74) is 3.72. The molecule has 2 N–H and O–H groups in total. The molecule has 10 heteroatoms. The van der Waals surface area contributed by atoms with E-state index in [1.165, 1.54) is 23.8 Å². The van der Waals surface area contributed by atoms with E-state index in [9.17, 15) is 14.9 Å². The van der Waals surface area contributed by atoms with Crippen LogP contribution in [0, 0.1) is 10.1 Å². The van der Waals surface area contributed by atoms with Gasteiger partial charge in [-0.3, -0.25) is 19.8 Å². The average Bonchev–Trinajstić information content (AvgIpc) is 3.30. The maximum absolute atomic E-state index is 12.9. The number of nitro benzene ring substituents is 1. The summed E-state index contributed by atoms with van der Waals surface area (Å²) in [5, 5.41) is 18.2. The van der Waals surface area contributed by atoms with Crippen molar-refractivity contribution in [1.82, 2.24) is 15.2 Å². The van der Waals surface area contributed by atoms with Crippen molar-refractivity contribution in [1.29, 1.82) is 0 Å². The molecule has 0 bridgehead atoms. The third-order valence-electron chi connectivity index (χ3n) is 5.83. The number of anilines is 1. The van der Waals surface area contributed by atoms with E-state index in [4.69, 9.17) is 4.98 Å². The fourth-order valence-corrected chi connectivity index (χ4v) is 5.15. The van der Waals surface area contributed by atoms with E-state index in [0.29, 0.717) is 5.69 Å². The van der Waals surface area contributed by atoms with Gasteiger partial charge in [-0.1, -0.05) is 30.3 Å². The number of thiazole rings is 1. The maximum Gasteiger partial charge on any atom is 0.270 e. The summed E-state index contributed by atoms with van der Waals surface area (Å²) < 4.78 is 1.10. The molecule has 0 atom stereocenters. The van der Waals surface area contributed by atoms with Crippen molar-refractivity contribution >= 4 is 51.2 Å². The Hall–Kier alpha value is -3.37. The zero-order valence-corrected chi connectivity index (χ0v) is 20.4. The van der Waals surface area contributed by atoms with Crippen LogP contribution in [-0.2, 0) is 6.54 Å². The van der Waals surface area contributed by atoms with Gasteiger partial charge >= 0.3 is 0 Å². The van der Waals surface area contributed by atoms with Crippen LogP contribution in [0.4, 0.5) is 11.4 Å². The van der Waals surface area contributed by atoms with Gasteiger partial charge in [0, 0.05) is 56.0 Å². The van der Waals surface area contributed by atoms with Crippen LogP contribution < -0.4 is 10.6 Å². The lowest BCUT2D eigenvalue weighted by atomic mass is 10.1. The van der Waals surface area contributed by atoms with Gasteiger partial charge in [-0.15, -0.1) is 23.7 Å². The summed E-state index contributed by atoms with van der Waals surface area (Å²) in [6.07, 6.45) is 0. The first-order chi connectivity index (χ1) is 16.6. The highest BCUT2D eigenvalue weighted by atomic mass is 35.5. The van der Waals surface area contributed by atoms with Crippen molar-refractivity contribution in [3.8, 4) is 10.6 Å². The van der Waals surface area contributed by atoms with E-state index >= 15 is 0 Å². The largest absolute Gasteiger partial charge is 0.321 e. The monoisotopic (exact) mass is 509 g/mol. The van der Waals surface area contributed by atoms with Crippen LogP contribution in [-0.4, -0.2) is 46.9 Å². The minimum absolute atomic E-state index is 0. The number of non-ortho nitro benzene ring substituents is 1. The molecule has 8 nitrogen and oxygen atoms in total. The van der Waals surface area contributed by atoms with Crippen LogP contribution in [0.15, 0.2) is 66.7 Å². The molecule has 4 aromatic rings. The molecular weight excluding hydrogens is 486 g/mol. The normalized spacial score (nSPS) is 13.8. The number of hydrogen-bond acceptors (Lipinski definition) is 7. The van der Waals surface area contributed by atoms with Crippen molar-refractivity contribution in [2.45, 2.75) is 6.54 Å². The summed E-state index contributed by atoms with van der Waals surface area (Å²) >= 11 is 1.59. The number of hydrogen-bond donors (Lipinski definition) is 2. The molecule has 0 radical (unpaired) electrons. The third kappa shape index (κ3) is 5.49. The predicted molar refractivity (Wildman–Crippen MR) is 142 cm³/mol. The standard InChI is InChI=1S/C25H23N5O3S.ClH/c31-24(17-5-3-7-19(15-17)30(32)33)27-21-9-2-1-8-20(21)25-28-23-18(6-4-10-22(23)34-25)16-29-13-11-26-12-14-29;/h1-10,15,26H,11-14,16H2,(H,27,31);1H. The molecule has 1 fully saturated rings. The van der Waals surface area contributed by atoms with Crippen LogP contribution in [0.3, 0.4) is 0 Å². The molecule has 0 aliphatic carbocycles. The Morgan fingerprint density at radius 2 is 1.86 bits per heavy atom. The summed E-state index contributed by atoms with van der Waals surface area (Å²) in [6.45, 7) is 4.87. The average molecular weight is 510 g/mol. The van der Waals surface area contributed by atoms with Crippen molar-refractivity contribution in [2.24, 2.45) is 0 Å². The first kappa shape index (κ1) is 24.7. The molecule has 180 valence electrons. The minimum atomic E-state index is -0.510. The van der Waals surface area contributed by atoms with Crippen LogP contribution in [0.2, 0.25) is 0 Å². The molecule has 1 amide bonds. The Bertz CT molecular complexity index is 1370. The number of halogens is 1. The van der Waals surface area contributed by atoms with Gasteiger partial charge < -0.3 is 10.6 Å². The quantitative estimate of drug-likeness (QED) is 0.282. The highest BCUT2D eigenvalue weighted by molar-refractivity contribution is 7.21. The molecule has 3 aromatic carbocycles. The highest BCUT2D eigenvalue weighted by Gasteiger charge is 2.18. The number of carbonyl (C=O) groups is 1. The molecule has 1 aromatic heterocycles. The number of carbonyl (C=O) groups excluding carboxylic acids is 1. The maximum atomic E-state index is 12.9. The number of rotatable bonds is 6. The van der Waals surface area contributed by atoms with Gasteiger partial charge in [0.05, 0.1) is 20.8 Å². The second-order valence-corrected chi connectivity index (χ2v) is 9.15. The Kier molecular flexibility index (Phi) is 7.72. The lowest BCUT2D eigenvalue weighted by Crippen LogP contribution is -2.42. The van der Waals surface area contributed by atoms with Crippen molar-refractivity contribution < 1.29 is 9.72 Å². The van der Waals surface area contributed by atoms with Gasteiger partial charge in [-0.2, -0.15) is 0 Å². The molecule has 1 aliphatic rings. The van der Waals surface area contributed by atoms with Crippen molar-refractivity contribution in [3.05, 3.63) is 88.0 Å². The summed E-state index contributed by atoms with van der Waals surface area (Å²) in [7, 11) is 0.